The third-order valence-corrected chi connectivity index (χ3v) is 4.22. The highest BCUT2D eigenvalue weighted by Gasteiger charge is 2.24. The lowest BCUT2D eigenvalue weighted by Crippen LogP contribution is -2.23. The fraction of sp³-hybridized carbons (Fsp3) is 0.294. The molecule has 0 spiro atoms. The molecule has 3 heterocycles. The molecule has 0 saturated carbocycles. The monoisotopic (exact) mass is 279 g/mol. The van der Waals surface area contributed by atoms with E-state index in [2.05, 4.69) is 38.8 Å². The molecular formula is C17H17N3O. The SMILES string of the molecule is c1cc(C2CCC(n3ccnc3)CO2)c2cccnc2c1. The molecule has 0 aliphatic carbocycles. The van der Waals surface area contributed by atoms with Gasteiger partial charge in [-0.1, -0.05) is 18.2 Å². The third kappa shape index (κ3) is 2.32. The summed E-state index contributed by atoms with van der Waals surface area (Å²) in [5.74, 6) is 0. The van der Waals surface area contributed by atoms with Crippen LogP contribution in [-0.4, -0.2) is 21.1 Å². The molecule has 0 bridgehead atoms. The molecule has 1 aromatic carbocycles. The number of fused-ring (bicyclic) bond motifs is 1. The topological polar surface area (TPSA) is 39.9 Å². The molecule has 2 unspecified atom stereocenters. The standard InChI is InChI=1S/C17H17N3O/c1-3-15(14-4-2-8-19-16(14)5-1)17-7-6-13(11-21-17)20-10-9-18-12-20/h1-5,8-10,12-13,17H,6-7,11H2. The van der Waals surface area contributed by atoms with Gasteiger partial charge in [-0.25, -0.2) is 4.98 Å². The fourth-order valence-electron chi connectivity index (χ4n) is 3.11. The number of hydrogen-bond donors (Lipinski definition) is 0. The van der Waals surface area contributed by atoms with Crippen LogP contribution in [0.2, 0.25) is 0 Å². The molecule has 2 atom stereocenters. The molecule has 0 amide bonds. The lowest BCUT2D eigenvalue weighted by atomic mass is 9.96. The van der Waals surface area contributed by atoms with Gasteiger partial charge < -0.3 is 9.30 Å². The van der Waals surface area contributed by atoms with Crippen LogP contribution in [0.25, 0.3) is 10.9 Å². The van der Waals surface area contributed by atoms with Gasteiger partial charge in [0.2, 0.25) is 0 Å². The second-order valence-corrected chi connectivity index (χ2v) is 5.48. The number of imidazole rings is 1. The van der Waals surface area contributed by atoms with Crippen molar-refractivity contribution in [1.82, 2.24) is 14.5 Å². The molecule has 0 N–H and O–H groups in total. The Morgan fingerprint density at radius 3 is 2.90 bits per heavy atom. The maximum absolute atomic E-state index is 6.13. The number of aromatic nitrogens is 3. The fourth-order valence-corrected chi connectivity index (χ4v) is 3.11. The molecule has 0 radical (unpaired) electrons. The van der Waals surface area contributed by atoms with E-state index >= 15 is 0 Å². The molecular weight excluding hydrogens is 262 g/mol. The zero-order valence-electron chi connectivity index (χ0n) is 11.7. The first-order valence-corrected chi connectivity index (χ1v) is 7.34. The lowest BCUT2D eigenvalue weighted by Gasteiger charge is -2.30. The van der Waals surface area contributed by atoms with Crippen LogP contribution in [0.3, 0.4) is 0 Å². The van der Waals surface area contributed by atoms with E-state index in [1.54, 1.807) is 0 Å². The number of benzene rings is 1. The van der Waals surface area contributed by atoms with Crippen LogP contribution in [-0.2, 0) is 4.74 Å². The molecule has 3 aromatic rings. The first kappa shape index (κ1) is 12.5. The number of nitrogens with zero attached hydrogens (tertiary/aromatic N) is 3. The Bertz CT molecular complexity index is 725. The van der Waals surface area contributed by atoms with Crippen LogP contribution >= 0.6 is 0 Å². The van der Waals surface area contributed by atoms with Crippen LogP contribution < -0.4 is 0 Å². The summed E-state index contributed by atoms with van der Waals surface area (Å²) in [5, 5.41) is 1.20. The van der Waals surface area contributed by atoms with Gasteiger partial charge in [0.15, 0.2) is 0 Å². The lowest BCUT2D eigenvalue weighted by molar-refractivity contribution is -0.0123. The van der Waals surface area contributed by atoms with Gasteiger partial charge in [0.1, 0.15) is 0 Å². The summed E-state index contributed by atoms with van der Waals surface area (Å²) in [4.78, 5) is 8.54. The number of ether oxygens (including phenoxy) is 1. The summed E-state index contributed by atoms with van der Waals surface area (Å²) in [6.45, 7) is 0.734. The first-order valence-electron chi connectivity index (χ1n) is 7.34. The van der Waals surface area contributed by atoms with Crippen molar-refractivity contribution < 1.29 is 4.74 Å². The zero-order valence-corrected chi connectivity index (χ0v) is 11.7. The van der Waals surface area contributed by atoms with Gasteiger partial charge >= 0.3 is 0 Å². The van der Waals surface area contributed by atoms with Crippen molar-refractivity contribution in [3.63, 3.8) is 0 Å². The normalized spacial score (nSPS) is 22.5. The molecule has 106 valence electrons. The average Bonchev–Trinajstić information content (AvgIpc) is 3.09. The Kier molecular flexibility index (Phi) is 3.16. The van der Waals surface area contributed by atoms with Crippen LogP contribution in [0.4, 0.5) is 0 Å². The highest BCUT2D eigenvalue weighted by Crippen LogP contribution is 2.35. The van der Waals surface area contributed by atoms with E-state index in [9.17, 15) is 0 Å². The first-order chi connectivity index (χ1) is 10.4. The highest BCUT2D eigenvalue weighted by atomic mass is 16.5. The van der Waals surface area contributed by atoms with E-state index < -0.39 is 0 Å². The van der Waals surface area contributed by atoms with Crippen molar-refractivity contribution in [2.75, 3.05) is 6.61 Å². The summed E-state index contributed by atoms with van der Waals surface area (Å²) >= 11 is 0. The van der Waals surface area contributed by atoms with Gasteiger partial charge in [0.25, 0.3) is 0 Å². The van der Waals surface area contributed by atoms with Crippen molar-refractivity contribution in [3.05, 3.63) is 60.8 Å². The van der Waals surface area contributed by atoms with E-state index in [4.69, 9.17) is 4.74 Å². The second kappa shape index (κ2) is 5.30. The van der Waals surface area contributed by atoms with Crippen LogP contribution in [0.5, 0.6) is 0 Å². The molecule has 1 aliphatic heterocycles. The Morgan fingerprint density at radius 2 is 2.10 bits per heavy atom. The van der Waals surface area contributed by atoms with E-state index in [1.165, 1.54) is 10.9 Å². The quantitative estimate of drug-likeness (QED) is 0.720. The van der Waals surface area contributed by atoms with Crippen molar-refractivity contribution in [3.8, 4) is 0 Å². The van der Waals surface area contributed by atoms with Crippen molar-refractivity contribution in [2.45, 2.75) is 25.0 Å². The Morgan fingerprint density at radius 1 is 1.10 bits per heavy atom. The summed E-state index contributed by atoms with van der Waals surface area (Å²) in [6.07, 6.45) is 9.84. The summed E-state index contributed by atoms with van der Waals surface area (Å²) < 4.78 is 8.27. The van der Waals surface area contributed by atoms with Gasteiger partial charge in [-0.15, -0.1) is 0 Å². The number of pyridine rings is 1. The third-order valence-electron chi connectivity index (χ3n) is 4.22. The minimum Gasteiger partial charge on any atom is -0.371 e. The zero-order chi connectivity index (χ0) is 14.1. The van der Waals surface area contributed by atoms with Gasteiger partial charge in [0, 0.05) is 24.0 Å². The summed E-state index contributed by atoms with van der Waals surface area (Å²) in [6, 6.07) is 10.8. The average molecular weight is 279 g/mol. The van der Waals surface area contributed by atoms with E-state index in [1.807, 2.05) is 31.0 Å². The van der Waals surface area contributed by atoms with Gasteiger partial charge in [-0.2, -0.15) is 0 Å². The molecule has 4 heteroatoms. The van der Waals surface area contributed by atoms with Crippen molar-refractivity contribution >= 4 is 10.9 Å². The minimum atomic E-state index is 0.165. The molecule has 1 saturated heterocycles. The molecule has 4 rings (SSSR count). The van der Waals surface area contributed by atoms with E-state index in [-0.39, 0.29) is 6.10 Å². The van der Waals surface area contributed by atoms with Crippen molar-refractivity contribution in [2.24, 2.45) is 0 Å². The van der Waals surface area contributed by atoms with Crippen LogP contribution in [0, 0.1) is 0 Å². The summed E-state index contributed by atoms with van der Waals surface area (Å²) in [7, 11) is 0. The maximum atomic E-state index is 6.13. The predicted molar refractivity (Wildman–Crippen MR) is 80.9 cm³/mol. The maximum Gasteiger partial charge on any atom is 0.0949 e. The number of rotatable bonds is 2. The molecule has 1 aliphatic rings. The van der Waals surface area contributed by atoms with Crippen LogP contribution in [0.15, 0.2) is 55.2 Å². The van der Waals surface area contributed by atoms with Crippen molar-refractivity contribution in [1.29, 1.82) is 0 Å². The van der Waals surface area contributed by atoms with Crippen LogP contribution in [0.1, 0.15) is 30.6 Å². The largest absolute Gasteiger partial charge is 0.371 e. The molecule has 21 heavy (non-hydrogen) atoms. The Labute approximate surface area is 123 Å². The van der Waals surface area contributed by atoms with Gasteiger partial charge in [0.05, 0.1) is 30.6 Å². The van der Waals surface area contributed by atoms with Gasteiger partial charge in [-0.3, -0.25) is 4.98 Å². The molecule has 4 nitrogen and oxygen atoms in total. The van der Waals surface area contributed by atoms with Gasteiger partial charge in [-0.05, 0) is 30.5 Å². The van der Waals surface area contributed by atoms with E-state index in [0.29, 0.717) is 6.04 Å². The Balaban J connectivity index is 1.58. The van der Waals surface area contributed by atoms with E-state index in [0.717, 1.165) is 25.0 Å². The predicted octanol–water partition coefficient (Wildman–Crippen LogP) is 3.52. The number of hydrogen-bond acceptors (Lipinski definition) is 3. The summed E-state index contributed by atoms with van der Waals surface area (Å²) in [5.41, 5.74) is 2.29. The minimum absolute atomic E-state index is 0.165. The second-order valence-electron chi connectivity index (χ2n) is 5.48. The Hall–Kier alpha value is -2.20. The molecule has 1 fully saturated rings. The molecule has 2 aromatic heterocycles. The smallest absolute Gasteiger partial charge is 0.0949 e. The highest BCUT2D eigenvalue weighted by molar-refractivity contribution is 5.82.